The lowest BCUT2D eigenvalue weighted by atomic mass is 10.1. The van der Waals surface area contributed by atoms with Gasteiger partial charge in [-0.25, -0.2) is 4.98 Å². The molecule has 27 heavy (non-hydrogen) atoms. The Kier molecular flexibility index (Phi) is 5.11. The van der Waals surface area contributed by atoms with Crippen molar-refractivity contribution in [1.29, 1.82) is 0 Å². The van der Waals surface area contributed by atoms with Gasteiger partial charge in [-0.3, -0.25) is 4.79 Å². The van der Waals surface area contributed by atoms with Gasteiger partial charge in [0.1, 0.15) is 12.0 Å². The summed E-state index contributed by atoms with van der Waals surface area (Å²) in [6.45, 7) is 5.13. The highest BCUT2D eigenvalue weighted by Gasteiger charge is 2.19. The Labute approximate surface area is 158 Å². The van der Waals surface area contributed by atoms with Crippen molar-refractivity contribution in [3.05, 3.63) is 48.4 Å². The molecule has 1 amide bonds. The van der Waals surface area contributed by atoms with Crippen molar-refractivity contribution in [1.82, 2.24) is 29.8 Å². The van der Waals surface area contributed by atoms with Crippen LogP contribution in [0.1, 0.15) is 36.7 Å². The molecule has 0 bridgehead atoms. The Hall–Kier alpha value is -2.80. The first-order chi connectivity index (χ1) is 13.2. The molecule has 0 aliphatic carbocycles. The fourth-order valence-electron chi connectivity index (χ4n) is 3.60. The molecule has 1 atom stereocenters. The number of hydrogen-bond donors (Lipinski definition) is 1. The first-order valence-corrected chi connectivity index (χ1v) is 9.50. The molecule has 4 rings (SSSR count). The summed E-state index contributed by atoms with van der Waals surface area (Å²) in [6, 6.07) is 11.6. The van der Waals surface area contributed by atoms with Gasteiger partial charge in [0.2, 0.25) is 0 Å². The second kappa shape index (κ2) is 7.84. The quantitative estimate of drug-likeness (QED) is 0.752. The van der Waals surface area contributed by atoms with Crippen molar-refractivity contribution in [3.63, 3.8) is 0 Å². The fourth-order valence-corrected chi connectivity index (χ4v) is 3.60. The molecule has 0 saturated carbocycles. The maximum Gasteiger partial charge on any atom is 0.270 e. The molecule has 0 unspecified atom stereocenters. The van der Waals surface area contributed by atoms with Gasteiger partial charge in [-0.15, -0.1) is 0 Å². The summed E-state index contributed by atoms with van der Waals surface area (Å²) in [4.78, 5) is 24.1. The summed E-state index contributed by atoms with van der Waals surface area (Å²) in [6.07, 6.45) is 5.21. The Morgan fingerprint density at radius 1 is 1.19 bits per heavy atom. The number of carbonyl (C=O) groups is 1. The van der Waals surface area contributed by atoms with Crippen LogP contribution < -0.4 is 5.32 Å². The van der Waals surface area contributed by atoms with Crippen molar-refractivity contribution in [3.8, 4) is 11.3 Å². The van der Waals surface area contributed by atoms with Gasteiger partial charge >= 0.3 is 0 Å². The number of fused-ring (bicyclic) bond motifs is 1. The average molecular weight is 364 g/mol. The minimum absolute atomic E-state index is 0.0579. The van der Waals surface area contributed by atoms with E-state index in [9.17, 15) is 4.79 Å². The van der Waals surface area contributed by atoms with Crippen LogP contribution in [-0.2, 0) is 0 Å². The molecule has 1 fully saturated rings. The van der Waals surface area contributed by atoms with Crippen LogP contribution in [-0.4, -0.2) is 56.1 Å². The molecule has 1 aliphatic rings. The minimum atomic E-state index is -0.158. The maximum absolute atomic E-state index is 12.9. The van der Waals surface area contributed by atoms with E-state index in [0.717, 1.165) is 25.2 Å². The molecule has 1 saturated heterocycles. The van der Waals surface area contributed by atoms with Gasteiger partial charge < -0.3 is 10.2 Å². The van der Waals surface area contributed by atoms with Gasteiger partial charge in [-0.2, -0.15) is 14.6 Å². The van der Waals surface area contributed by atoms with E-state index in [-0.39, 0.29) is 11.9 Å². The largest absolute Gasteiger partial charge is 0.347 e. The Bertz CT molecular complexity index is 917. The zero-order valence-corrected chi connectivity index (χ0v) is 15.5. The van der Waals surface area contributed by atoms with Crippen LogP contribution in [0.3, 0.4) is 0 Å². The van der Waals surface area contributed by atoms with Crippen LogP contribution in [0.25, 0.3) is 17.0 Å². The highest BCUT2D eigenvalue weighted by molar-refractivity contribution is 5.94. The predicted molar refractivity (Wildman–Crippen MR) is 103 cm³/mol. The van der Waals surface area contributed by atoms with E-state index in [2.05, 4.69) is 25.3 Å². The molecular formula is C20H24N6O. The van der Waals surface area contributed by atoms with Gasteiger partial charge in [-0.1, -0.05) is 36.8 Å². The van der Waals surface area contributed by atoms with E-state index < -0.39 is 0 Å². The van der Waals surface area contributed by atoms with Gasteiger partial charge in [0.25, 0.3) is 11.7 Å². The molecule has 7 heteroatoms. The first-order valence-electron chi connectivity index (χ1n) is 9.50. The fraction of sp³-hybridized carbons (Fsp3) is 0.400. The average Bonchev–Trinajstić information content (AvgIpc) is 3.17. The second-order valence-electron chi connectivity index (χ2n) is 7.10. The molecule has 0 spiro atoms. The summed E-state index contributed by atoms with van der Waals surface area (Å²) >= 11 is 0. The summed E-state index contributed by atoms with van der Waals surface area (Å²) in [7, 11) is 0. The lowest BCUT2D eigenvalue weighted by Gasteiger charge is -2.29. The smallest absolute Gasteiger partial charge is 0.270 e. The number of carbonyl (C=O) groups excluding carboxylic acids is 1. The van der Waals surface area contributed by atoms with E-state index in [1.165, 1.54) is 30.1 Å². The highest BCUT2D eigenvalue weighted by Crippen LogP contribution is 2.19. The Balaban J connectivity index is 1.56. The van der Waals surface area contributed by atoms with Crippen molar-refractivity contribution in [2.75, 3.05) is 19.6 Å². The molecule has 1 aliphatic heterocycles. The van der Waals surface area contributed by atoms with Gasteiger partial charge in [-0.05, 0) is 38.9 Å². The molecular weight excluding hydrogens is 340 g/mol. The standard InChI is InChI=1S/C20H24N6O/c1-15(13-25-10-6-3-7-11-25)23-19(27)18-12-17(16-8-4-2-5-9-16)24-20-21-14-22-26(18)20/h2,4-5,8-9,12,14-15H,3,6-7,10-11,13H2,1H3,(H,23,27)/t15-/m1/s1. The number of amides is 1. The molecule has 3 aromatic rings. The van der Waals surface area contributed by atoms with E-state index in [4.69, 9.17) is 0 Å². The zero-order valence-electron chi connectivity index (χ0n) is 15.5. The summed E-state index contributed by atoms with van der Waals surface area (Å²) in [5.74, 6) is 0.264. The molecule has 1 N–H and O–H groups in total. The summed E-state index contributed by atoms with van der Waals surface area (Å²) in [5, 5.41) is 7.28. The van der Waals surface area contributed by atoms with E-state index in [1.54, 1.807) is 6.07 Å². The van der Waals surface area contributed by atoms with Crippen LogP contribution in [0.15, 0.2) is 42.7 Å². The van der Waals surface area contributed by atoms with Gasteiger partial charge in [0, 0.05) is 18.2 Å². The number of benzene rings is 1. The van der Waals surface area contributed by atoms with E-state index in [0.29, 0.717) is 17.2 Å². The topological polar surface area (TPSA) is 75.4 Å². The molecule has 7 nitrogen and oxygen atoms in total. The van der Waals surface area contributed by atoms with Crippen LogP contribution in [0.5, 0.6) is 0 Å². The Morgan fingerprint density at radius 2 is 1.96 bits per heavy atom. The zero-order chi connectivity index (χ0) is 18.6. The van der Waals surface area contributed by atoms with Crippen LogP contribution in [0, 0.1) is 0 Å². The summed E-state index contributed by atoms with van der Waals surface area (Å²) < 4.78 is 1.50. The van der Waals surface area contributed by atoms with Crippen molar-refractivity contribution < 1.29 is 4.79 Å². The SMILES string of the molecule is C[C@H](CN1CCCCC1)NC(=O)c1cc(-c2ccccc2)nc2ncnn12. The number of nitrogens with one attached hydrogen (secondary N) is 1. The van der Waals surface area contributed by atoms with Crippen molar-refractivity contribution >= 4 is 11.7 Å². The number of nitrogens with zero attached hydrogens (tertiary/aromatic N) is 5. The lowest BCUT2D eigenvalue weighted by molar-refractivity contribution is 0.0918. The molecule has 2 aromatic heterocycles. The molecule has 0 radical (unpaired) electrons. The lowest BCUT2D eigenvalue weighted by Crippen LogP contribution is -2.44. The number of hydrogen-bond acceptors (Lipinski definition) is 5. The third kappa shape index (κ3) is 3.98. The van der Waals surface area contributed by atoms with Gasteiger partial charge in [0.15, 0.2) is 0 Å². The third-order valence-electron chi connectivity index (χ3n) is 4.91. The first kappa shape index (κ1) is 17.6. The molecule has 140 valence electrons. The normalized spacial score (nSPS) is 16.3. The van der Waals surface area contributed by atoms with Crippen molar-refractivity contribution in [2.45, 2.75) is 32.2 Å². The second-order valence-corrected chi connectivity index (χ2v) is 7.10. The van der Waals surface area contributed by atoms with Crippen molar-refractivity contribution in [2.24, 2.45) is 0 Å². The van der Waals surface area contributed by atoms with Gasteiger partial charge in [0.05, 0.1) is 5.69 Å². The highest BCUT2D eigenvalue weighted by atomic mass is 16.2. The number of likely N-dealkylation sites (tertiary alicyclic amines) is 1. The van der Waals surface area contributed by atoms with Crippen LogP contribution in [0.2, 0.25) is 0 Å². The van der Waals surface area contributed by atoms with Crippen LogP contribution in [0.4, 0.5) is 0 Å². The maximum atomic E-state index is 12.9. The van der Waals surface area contributed by atoms with E-state index >= 15 is 0 Å². The number of piperidine rings is 1. The summed E-state index contributed by atoms with van der Waals surface area (Å²) in [5.41, 5.74) is 2.10. The minimum Gasteiger partial charge on any atom is -0.347 e. The third-order valence-corrected chi connectivity index (χ3v) is 4.91. The monoisotopic (exact) mass is 364 g/mol. The number of rotatable bonds is 5. The van der Waals surface area contributed by atoms with E-state index in [1.807, 2.05) is 37.3 Å². The van der Waals surface area contributed by atoms with Crippen LogP contribution >= 0.6 is 0 Å². The molecule has 1 aromatic carbocycles. The molecule has 3 heterocycles. The number of aromatic nitrogens is 4. The predicted octanol–water partition coefficient (Wildman–Crippen LogP) is 2.40. The Morgan fingerprint density at radius 3 is 2.74 bits per heavy atom.